The molecule has 1 unspecified atom stereocenters. The molecular formula is C21H20N7O3S+. The Morgan fingerprint density at radius 1 is 1.31 bits per heavy atom. The molecule has 0 bridgehead atoms. The number of rotatable bonds is 5. The zero-order valence-corrected chi connectivity index (χ0v) is 18.6. The Labute approximate surface area is 187 Å². The van der Waals surface area contributed by atoms with Crippen LogP contribution in [0.5, 0.6) is 0 Å². The highest BCUT2D eigenvalue weighted by atomic mass is 32.2. The second-order valence-corrected chi connectivity index (χ2v) is 8.37. The van der Waals surface area contributed by atoms with E-state index in [-0.39, 0.29) is 39.1 Å². The normalized spacial score (nSPS) is 11.4. The molecule has 0 aliphatic rings. The van der Waals surface area contributed by atoms with Crippen molar-refractivity contribution < 1.29 is 14.0 Å². The van der Waals surface area contributed by atoms with E-state index < -0.39 is 10.9 Å². The first kappa shape index (κ1) is 22.6. The third kappa shape index (κ3) is 4.06. The molecular weight excluding hydrogens is 430 g/mol. The number of nitrogens with two attached hydrogens (primary N) is 1. The molecule has 0 saturated carbocycles. The van der Waals surface area contributed by atoms with Crippen LogP contribution in [-0.4, -0.2) is 21.4 Å². The summed E-state index contributed by atoms with van der Waals surface area (Å²) >= 11 is 1.00. The number of aryl methyl sites for hydroxylation is 2. The largest absolute Gasteiger partial charge is 0.435 e. The van der Waals surface area contributed by atoms with Gasteiger partial charge in [0.25, 0.3) is 0 Å². The molecule has 2 heterocycles. The highest BCUT2D eigenvalue weighted by molar-refractivity contribution is 8.00. The van der Waals surface area contributed by atoms with Crippen LogP contribution in [0.25, 0.3) is 11.3 Å². The highest BCUT2D eigenvalue weighted by Crippen LogP contribution is 2.35. The summed E-state index contributed by atoms with van der Waals surface area (Å²) in [4.78, 5) is 29.2. The number of pyridine rings is 1. The number of hydrogen-bond donors (Lipinski definition) is 3. The Morgan fingerprint density at radius 2 is 2.00 bits per heavy atom. The van der Waals surface area contributed by atoms with Gasteiger partial charge in [-0.3, -0.25) is 9.32 Å². The number of carbonyl (C=O) groups excluding carboxylic acids is 1. The number of anilines is 2. The molecule has 0 radical (unpaired) electrons. The molecule has 10 nitrogen and oxygen atoms in total. The smallest absolute Gasteiger partial charge is 0.383 e. The van der Waals surface area contributed by atoms with Crippen molar-refractivity contribution in [3.8, 4) is 23.4 Å². The van der Waals surface area contributed by atoms with Crippen LogP contribution in [-0.2, 0) is 11.8 Å². The Balaban J connectivity index is 2.03. The molecule has 1 atom stereocenters. The lowest BCUT2D eigenvalue weighted by Crippen LogP contribution is -2.34. The van der Waals surface area contributed by atoms with Crippen molar-refractivity contribution in [3.63, 3.8) is 0 Å². The Morgan fingerprint density at radius 3 is 2.59 bits per heavy atom. The number of aromatic nitrogens is 3. The lowest BCUT2D eigenvalue weighted by atomic mass is 10.0. The molecule has 1 amide bonds. The summed E-state index contributed by atoms with van der Waals surface area (Å²) in [6.07, 6.45) is 0. The van der Waals surface area contributed by atoms with Gasteiger partial charge in [0, 0.05) is 5.69 Å². The van der Waals surface area contributed by atoms with Crippen LogP contribution < -0.4 is 21.4 Å². The molecule has 162 valence electrons. The van der Waals surface area contributed by atoms with Crippen molar-refractivity contribution in [2.75, 3.05) is 11.1 Å². The lowest BCUT2D eigenvalue weighted by molar-refractivity contribution is -0.730. The highest BCUT2D eigenvalue weighted by Gasteiger charge is 2.32. The van der Waals surface area contributed by atoms with Gasteiger partial charge in [-0.05, 0) is 43.2 Å². The van der Waals surface area contributed by atoms with Gasteiger partial charge in [0.1, 0.15) is 34.1 Å². The Kier molecular flexibility index (Phi) is 6.32. The minimum atomic E-state index is -0.775. The number of benzene rings is 1. The quantitative estimate of drug-likeness (QED) is 0.391. The zero-order chi connectivity index (χ0) is 23.6. The number of nitrogen functional groups attached to an aromatic ring is 1. The van der Waals surface area contributed by atoms with Crippen molar-refractivity contribution in [2.45, 2.75) is 31.0 Å². The number of thioether (sulfide) groups is 1. The van der Waals surface area contributed by atoms with E-state index in [0.717, 1.165) is 22.9 Å². The topological polar surface area (TPSA) is 165 Å². The number of carbonyl (C=O) groups is 1. The van der Waals surface area contributed by atoms with Crippen LogP contribution in [0, 0.1) is 36.5 Å². The zero-order valence-electron chi connectivity index (χ0n) is 17.8. The Hall–Kier alpha value is -4.09. The molecule has 2 aromatic heterocycles. The molecule has 3 aromatic rings. The van der Waals surface area contributed by atoms with E-state index in [4.69, 9.17) is 10.3 Å². The van der Waals surface area contributed by atoms with E-state index in [9.17, 15) is 20.1 Å². The first-order valence-electron chi connectivity index (χ1n) is 9.44. The average Bonchev–Trinajstić information content (AvgIpc) is 3.08. The van der Waals surface area contributed by atoms with Gasteiger partial charge in [-0.1, -0.05) is 28.6 Å². The summed E-state index contributed by atoms with van der Waals surface area (Å²) in [6.45, 7) is 5.52. The molecule has 0 aliphatic carbocycles. The van der Waals surface area contributed by atoms with Gasteiger partial charge >= 0.3 is 11.3 Å². The van der Waals surface area contributed by atoms with Crippen LogP contribution in [0.4, 0.5) is 11.5 Å². The van der Waals surface area contributed by atoms with Crippen LogP contribution in [0.2, 0.25) is 0 Å². The molecule has 3 rings (SSSR count). The van der Waals surface area contributed by atoms with Gasteiger partial charge in [0.05, 0.1) is 10.8 Å². The summed E-state index contributed by atoms with van der Waals surface area (Å²) in [7, 11) is 1.49. The van der Waals surface area contributed by atoms with Crippen molar-refractivity contribution in [1.82, 2.24) is 10.3 Å². The Bertz CT molecular complexity index is 1360. The number of nitrogens with one attached hydrogen (secondary N) is 2. The van der Waals surface area contributed by atoms with Crippen molar-refractivity contribution in [2.24, 2.45) is 7.05 Å². The molecule has 0 spiro atoms. The van der Waals surface area contributed by atoms with Gasteiger partial charge in [0.15, 0.2) is 7.05 Å². The SMILES string of the molecule is Cc1cccc(NC(=O)C(C)Sc2nc(N)c(C#N)c(-c3c(=O)o[nH][n+]3C)c2C#N)c1C. The second-order valence-electron chi connectivity index (χ2n) is 7.04. The molecule has 11 heteroatoms. The van der Waals surface area contributed by atoms with Gasteiger partial charge < -0.3 is 11.1 Å². The maximum absolute atomic E-state index is 12.8. The van der Waals surface area contributed by atoms with Crippen molar-refractivity contribution >= 4 is 29.2 Å². The van der Waals surface area contributed by atoms with E-state index in [0.29, 0.717) is 5.69 Å². The van der Waals surface area contributed by atoms with Gasteiger partial charge in [-0.25, -0.2) is 9.78 Å². The van der Waals surface area contributed by atoms with Crippen molar-refractivity contribution in [1.29, 1.82) is 10.5 Å². The fraction of sp³-hybridized carbons (Fsp3) is 0.238. The molecule has 32 heavy (non-hydrogen) atoms. The van der Waals surface area contributed by atoms with Crippen LogP contribution in [0.3, 0.4) is 0 Å². The van der Waals surface area contributed by atoms with Crippen LogP contribution in [0.1, 0.15) is 29.2 Å². The third-order valence-electron chi connectivity index (χ3n) is 4.98. The molecule has 0 aliphatic heterocycles. The maximum Gasteiger partial charge on any atom is 0.435 e. The molecule has 0 fully saturated rings. The van der Waals surface area contributed by atoms with E-state index in [1.54, 1.807) is 13.0 Å². The van der Waals surface area contributed by atoms with Gasteiger partial charge in [0.2, 0.25) is 5.91 Å². The monoisotopic (exact) mass is 450 g/mol. The summed E-state index contributed by atoms with van der Waals surface area (Å²) < 4.78 is 6.01. The minimum Gasteiger partial charge on any atom is -0.383 e. The number of nitriles is 2. The van der Waals surface area contributed by atoms with Crippen LogP contribution in [0.15, 0.2) is 32.5 Å². The number of H-pyrrole nitrogens is 1. The van der Waals surface area contributed by atoms with E-state index in [1.165, 1.54) is 11.7 Å². The summed E-state index contributed by atoms with van der Waals surface area (Å²) in [5.74, 6) is -0.461. The summed E-state index contributed by atoms with van der Waals surface area (Å²) in [5.41, 5.74) is 7.65. The first-order valence-corrected chi connectivity index (χ1v) is 10.3. The minimum absolute atomic E-state index is 0.00429. The fourth-order valence-corrected chi connectivity index (χ4v) is 3.99. The van der Waals surface area contributed by atoms with Gasteiger partial charge in [-0.2, -0.15) is 10.5 Å². The lowest BCUT2D eigenvalue weighted by Gasteiger charge is -2.16. The van der Waals surface area contributed by atoms with E-state index in [2.05, 4.69) is 15.6 Å². The predicted molar refractivity (Wildman–Crippen MR) is 117 cm³/mol. The van der Waals surface area contributed by atoms with Gasteiger partial charge in [-0.15, -0.1) is 0 Å². The number of amides is 1. The van der Waals surface area contributed by atoms with Crippen LogP contribution >= 0.6 is 11.8 Å². The molecule has 1 aromatic carbocycles. The maximum atomic E-state index is 12.8. The van der Waals surface area contributed by atoms with E-state index in [1.807, 2.05) is 38.1 Å². The predicted octanol–water partition coefficient (Wildman–Crippen LogP) is 1.92. The summed E-state index contributed by atoms with van der Waals surface area (Å²) in [5, 5.41) is 24.1. The second kappa shape index (κ2) is 8.96. The molecule has 4 N–H and O–H groups in total. The first-order chi connectivity index (χ1) is 15.2. The summed E-state index contributed by atoms with van der Waals surface area (Å²) in [6, 6.07) is 9.49. The third-order valence-corrected chi connectivity index (χ3v) is 6.06. The van der Waals surface area contributed by atoms with Crippen molar-refractivity contribution in [3.05, 3.63) is 50.9 Å². The number of aromatic amines is 1. The van der Waals surface area contributed by atoms with E-state index >= 15 is 0 Å². The fourth-order valence-electron chi connectivity index (χ4n) is 3.07. The molecule has 0 saturated heterocycles. The average molecular weight is 451 g/mol. The number of nitrogens with zero attached hydrogens (tertiary/aromatic N) is 4. The standard InChI is InChI=1S/C21H19N7O3S/c1-10-6-5-7-15(11(10)2)25-19(29)12(3)32-20-14(9-23)16(13(8-22)18(24)26-20)17-21(30)31-27-28(17)4/h5-7,12H,1-4H3,(H3-,24,25,26,27,29,30)/p+1. The number of hydrogen-bond acceptors (Lipinski definition) is 8.